The maximum absolute atomic E-state index is 12.5. The van der Waals surface area contributed by atoms with E-state index in [0.29, 0.717) is 19.5 Å². The van der Waals surface area contributed by atoms with Gasteiger partial charge in [0.1, 0.15) is 0 Å². The quantitative estimate of drug-likeness (QED) is 0.538. The monoisotopic (exact) mass is 346 g/mol. The molecule has 6 nitrogen and oxygen atoms in total. The first-order valence-electron chi connectivity index (χ1n) is 7.86. The minimum absolute atomic E-state index is 0.0328. The van der Waals surface area contributed by atoms with Crippen LogP contribution in [0.2, 0.25) is 0 Å². The van der Waals surface area contributed by atoms with Crippen molar-refractivity contribution in [3.05, 3.63) is 56.6 Å². The first-order chi connectivity index (χ1) is 11.5. The number of aryl methyl sites for hydroxylation is 1. The minimum atomic E-state index is -0.484. The van der Waals surface area contributed by atoms with Crippen LogP contribution in [0.4, 0.5) is 0 Å². The van der Waals surface area contributed by atoms with Crippen molar-refractivity contribution in [2.75, 3.05) is 27.2 Å². The predicted octanol–water partition coefficient (Wildman–Crippen LogP) is -0.214. The number of nitrogens with zero attached hydrogens (tertiary/aromatic N) is 2. The Kier molecular flexibility index (Phi) is 6.45. The Balaban J connectivity index is 2.21. The summed E-state index contributed by atoms with van der Waals surface area (Å²) < 4.78 is 1.57. The van der Waals surface area contributed by atoms with Gasteiger partial charge in [-0.3, -0.25) is 14.8 Å². The number of benzene rings is 1. The number of H-pyrrole nitrogens is 1. The molecule has 0 fully saturated rings. The van der Waals surface area contributed by atoms with Crippen molar-refractivity contribution in [1.29, 1.82) is 0 Å². The zero-order valence-corrected chi connectivity index (χ0v) is 14.7. The van der Waals surface area contributed by atoms with Crippen LogP contribution in [0, 0.1) is 4.77 Å². The second kappa shape index (κ2) is 8.56. The van der Waals surface area contributed by atoms with Crippen LogP contribution in [0.1, 0.15) is 11.1 Å². The summed E-state index contributed by atoms with van der Waals surface area (Å²) in [6, 6.07) is 9.82. The summed E-state index contributed by atoms with van der Waals surface area (Å²) in [4.78, 5) is 20.0. The number of aromatic amines is 1. The Hall–Kier alpha value is -2.25. The molecule has 2 rings (SSSR count). The fourth-order valence-electron chi connectivity index (χ4n) is 2.21. The highest BCUT2D eigenvalue weighted by molar-refractivity contribution is 7.71. The van der Waals surface area contributed by atoms with Gasteiger partial charge in [0.15, 0.2) is 4.77 Å². The Morgan fingerprint density at radius 3 is 2.71 bits per heavy atom. The van der Waals surface area contributed by atoms with Crippen LogP contribution < -0.4 is 15.6 Å². The molecule has 1 aromatic carbocycles. The van der Waals surface area contributed by atoms with Gasteiger partial charge in [-0.1, -0.05) is 30.3 Å². The van der Waals surface area contributed by atoms with E-state index < -0.39 is 5.56 Å². The van der Waals surface area contributed by atoms with E-state index in [1.54, 1.807) is 0 Å². The molecular formula is C17H22N4O2S. The molecule has 0 saturated heterocycles. The third-order valence-corrected chi connectivity index (χ3v) is 3.94. The largest absolute Gasteiger partial charge is 0.859 e. The number of rotatable bonds is 7. The molecule has 0 aliphatic rings. The lowest BCUT2D eigenvalue weighted by Gasteiger charge is -2.19. The summed E-state index contributed by atoms with van der Waals surface area (Å²) in [5.41, 5.74) is 0.654. The van der Waals surface area contributed by atoms with E-state index in [9.17, 15) is 9.90 Å². The molecule has 1 heterocycles. The number of hydrogen-bond donors (Lipinski definition) is 2. The van der Waals surface area contributed by atoms with Crippen LogP contribution in [0.25, 0.3) is 0 Å². The van der Waals surface area contributed by atoms with Gasteiger partial charge in [0.2, 0.25) is 0 Å². The Morgan fingerprint density at radius 2 is 2.04 bits per heavy atom. The average Bonchev–Trinajstić information content (AvgIpc) is 2.54. The predicted molar refractivity (Wildman–Crippen MR) is 95.6 cm³/mol. The molecule has 0 amide bonds. The van der Waals surface area contributed by atoms with Crippen molar-refractivity contribution in [3.8, 4) is 5.88 Å². The Morgan fingerprint density at radius 1 is 1.33 bits per heavy atom. The van der Waals surface area contributed by atoms with E-state index in [1.807, 2.05) is 44.4 Å². The second-order valence-corrected chi connectivity index (χ2v) is 6.24. The molecule has 1 aromatic heterocycles. The second-order valence-electron chi connectivity index (χ2n) is 5.86. The molecule has 0 aliphatic carbocycles. The van der Waals surface area contributed by atoms with Crippen LogP contribution >= 0.6 is 12.2 Å². The molecule has 0 saturated carbocycles. The van der Waals surface area contributed by atoms with E-state index in [-0.39, 0.29) is 16.2 Å². The summed E-state index contributed by atoms with van der Waals surface area (Å²) in [6.07, 6.45) is 2.02. The average molecular weight is 346 g/mol. The van der Waals surface area contributed by atoms with E-state index in [2.05, 4.69) is 9.98 Å². The number of aliphatic imine (C=N–C) groups is 1. The lowest BCUT2D eigenvalue weighted by atomic mass is 10.1. The van der Waals surface area contributed by atoms with Gasteiger partial charge in [-0.05, 0) is 30.1 Å². The maximum Gasteiger partial charge on any atom is 0.259 e. The number of quaternary nitrogens is 1. The summed E-state index contributed by atoms with van der Waals surface area (Å²) in [6.45, 7) is 1.80. The number of aromatic nitrogens is 2. The van der Waals surface area contributed by atoms with Crippen molar-refractivity contribution in [2.45, 2.75) is 13.0 Å². The normalized spacial score (nSPS) is 11.5. The molecule has 24 heavy (non-hydrogen) atoms. The zero-order valence-electron chi connectivity index (χ0n) is 13.9. The first-order valence-corrected chi connectivity index (χ1v) is 8.26. The standard InChI is InChI=1S/C17H22N4O2S/c1-20(2)11-9-18-12-14-15(22)19-17(24)21(16(14)23)10-8-13-6-4-3-5-7-13/h3-7,12,23H,8-11H2,1-2H3,(H,19,22,24). The first kappa shape index (κ1) is 18.1. The van der Waals surface area contributed by atoms with E-state index in [4.69, 9.17) is 12.2 Å². The fourth-order valence-corrected chi connectivity index (χ4v) is 2.48. The van der Waals surface area contributed by atoms with Gasteiger partial charge in [-0.25, -0.2) is 0 Å². The van der Waals surface area contributed by atoms with Gasteiger partial charge >= 0.3 is 0 Å². The molecule has 2 N–H and O–H groups in total. The van der Waals surface area contributed by atoms with Crippen molar-refractivity contribution in [2.24, 2.45) is 4.99 Å². The van der Waals surface area contributed by atoms with Gasteiger partial charge in [-0.2, -0.15) is 0 Å². The molecule has 0 aliphatic heterocycles. The summed E-state index contributed by atoms with van der Waals surface area (Å²) in [5.74, 6) is -0.388. The molecule has 0 radical (unpaired) electrons. The molecule has 7 heteroatoms. The van der Waals surface area contributed by atoms with Crippen molar-refractivity contribution >= 4 is 18.4 Å². The number of likely N-dealkylation sites (N-methyl/N-ethyl adjacent to an activating group) is 1. The van der Waals surface area contributed by atoms with E-state index in [0.717, 1.165) is 12.1 Å². The van der Waals surface area contributed by atoms with Gasteiger partial charge in [0.25, 0.3) is 5.56 Å². The molecule has 2 aromatic rings. The van der Waals surface area contributed by atoms with E-state index in [1.165, 1.54) is 15.7 Å². The van der Waals surface area contributed by atoms with Gasteiger partial charge in [-0.15, -0.1) is 0 Å². The Labute approximate surface area is 146 Å². The highest BCUT2D eigenvalue weighted by Gasteiger charge is 2.05. The van der Waals surface area contributed by atoms with Crippen molar-refractivity contribution in [3.63, 3.8) is 0 Å². The van der Waals surface area contributed by atoms with Gasteiger partial charge < -0.3 is 14.6 Å². The van der Waals surface area contributed by atoms with Crippen LogP contribution in [-0.4, -0.2) is 43.0 Å². The highest BCUT2D eigenvalue weighted by Crippen LogP contribution is 2.10. The number of hydrogen-bond acceptors (Lipinski definition) is 4. The maximum atomic E-state index is 12.5. The summed E-state index contributed by atoms with van der Waals surface area (Å²) >= 11 is 5.13. The minimum Gasteiger partial charge on any atom is -0.859 e. The summed E-state index contributed by atoms with van der Waals surface area (Å²) in [7, 11) is 4.04. The zero-order chi connectivity index (χ0) is 17.5. The van der Waals surface area contributed by atoms with Crippen LogP contribution in [0.5, 0.6) is 5.88 Å². The van der Waals surface area contributed by atoms with Crippen LogP contribution in [0.15, 0.2) is 40.1 Å². The fraction of sp³-hybridized carbons (Fsp3) is 0.353. The lowest BCUT2D eigenvalue weighted by Crippen LogP contribution is -3.06. The third kappa shape index (κ3) is 4.87. The lowest BCUT2D eigenvalue weighted by molar-refractivity contribution is -0.856. The smallest absolute Gasteiger partial charge is 0.259 e. The molecule has 0 spiro atoms. The highest BCUT2D eigenvalue weighted by atomic mass is 32.1. The molecule has 0 bridgehead atoms. The van der Waals surface area contributed by atoms with E-state index >= 15 is 0 Å². The third-order valence-electron chi connectivity index (χ3n) is 3.61. The molecule has 0 atom stereocenters. The van der Waals surface area contributed by atoms with Crippen molar-refractivity contribution < 1.29 is 10.0 Å². The van der Waals surface area contributed by atoms with Gasteiger partial charge in [0, 0.05) is 12.8 Å². The Bertz CT molecular complexity index is 810. The number of nitrogens with one attached hydrogen (secondary N) is 2. The van der Waals surface area contributed by atoms with Crippen molar-refractivity contribution in [1.82, 2.24) is 9.55 Å². The molecular weight excluding hydrogens is 324 g/mol. The summed E-state index contributed by atoms with van der Waals surface area (Å²) in [5, 5.41) is 12.5. The van der Waals surface area contributed by atoms with Crippen LogP contribution in [0.3, 0.4) is 0 Å². The topological polar surface area (TPSA) is 77.7 Å². The van der Waals surface area contributed by atoms with Gasteiger partial charge in [0.05, 0.1) is 32.7 Å². The molecule has 0 unspecified atom stereocenters. The molecule has 128 valence electrons. The SMILES string of the molecule is C[NH+](C)CCN=Cc1c([O-])n(CCc2ccccc2)c(=S)[nH]c1=O. The van der Waals surface area contributed by atoms with Crippen LogP contribution in [-0.2, 0) is 13.0 Å².